The summed E-state index contributed by atoms with van der Waals surface area (Å²) in [6.07, 6.45) is 0.852. The van der Waals surface area contributed by atoms with E-state index in [2.05, 4.69) is 12.1 Å². The molecule has 4 aromatic rings. The van der Waals surface area contributed by atoms with E-state index in [4.69, 9.17) is 9.72 Å². The largest absolute Gasteiger partial charge is 0.494 e. The number of ether oxygens (including phenoxy) is 1. The molecule has 3 aromatic carbocycles. The predicted octanol–water partition coefficient (Wildman–Crippen LogP) is 4.85. The number of benzene rings is 3. The second-order valence-corrected chi connectivity index (χ2v) is 9.83. The first-order valence-corrected chi connectivity index (χ1v) is 12.7. The SMILES string of the molecule is CCOc1ccc(-n2c(SC(C)C(=O)N3CCc4ccccc4C3)nc3ccccc3c2=O)cc1. The van der Waals surface area contributed by atoms with Crippen molar-refractivity contribution < 1.29 is 9.53 Å². The third kappa shape index (κ3) is 4.68. The van der Waals surface area contributed by atoms with E-state index in [-0.39, 0.29) is 11.5 Å². The minimum Gasteiger partial charge on any atom is -0.494 e. The average molecular weight is 486 g/mol. The second kappa shape index (κ2) is 9.96. The first-order valence-electron chi connectivity index (χ1n) is 11.8. The van der Waals surface area contributed by atoms with Gasteiger partial charge in [-0.05, 0) is 67.8 Å². The van der Waals surface area contributed by atoms with Gasteiger partial charge in [-0.1, -0.05) is 48.2 Å². The first kappa shape index (κ1) is 23.2. The molecule has 1 amide bonds. The van der Waals surface area contributed by atoms with E-state index in [0.717, 1.165) is 12.2 Å². The van der Waals surface area contributed by atoms with Crippen molar-refractivity contribution in [2.45, 2.75) is 37.2 Å². The van der Waals surface area contributed by atoms with E-state index < -0.39 is 5.25 Å². The number of para-hydroxylation sites is 1. The molecule has 5 rings (SSSR count). The number of carbonyl (C=O) groups excluding carboxylic acids is 1. The molecule has 1 unspecified atom stereocenters. The van der Waals surface area contributed by atoms with Crippen LogP contribution in [0, 0.1) is 0 Å². The number of carbonyl (C=O) groups is 1. The van der Waals surface area contributed by atoms with Crippen LogP contribution in [0.15, 0.2) is 82.7 Å². The summed E-state index contributed by atoms with van der Waals surface area (Å²) in [4.78, 5) is 33.6. The quantitative estimate of drug-likeness (QED) is 0.289. The minimum atomic E-state index is -0.401. The lowest BCUT2D eigenvalue weighted by Crippen LogP contribution is -2.40. The van der Waals surface area contributed by atoms with Gasteiger partial charge in [0.15, 0.2) is 5.16 Å². The van der Waals surface area contributed by atoms with Crippen LogP contribution in [-0.2, 0) is 17.8 Å². The molecule has 2 heterocycles. The Morgan fingerprint density at radius 2 is 1.74 bits per heavy atom. The molecule has 0 saturated carbocycles. The van der Waals surface area contributed by atoms with Crippen molar-refractivity contribution in [3.8, 4) is 11.4 Å². The fourth-order valence-electron chi connectivity index (χ4n) is 4.43. The molecule has 1 aromatic heterocycles. The van der Waals surface area contributed by atoms with Crippen LogP contribution in [0.1, 0.15) is 25.0 Å². The zero-order valence-electron chi connectivity index (χ0n) is 19.8. The Labute approximate surface area is 208 Å². The summed E-state index contributed by atoms with van der Waals surface area (Å²) in [6, 6.07) is 23.0. The lowest BCUT2D eigenvalue weighted by molar-refractivity contribution is -0.131. The maximum absolute atomic E-state index is 13.5. The number of rotatable bonds is 6. The van der Waals surface area contributed by atoms with Gasteiger partial charge in [-0.15, -0.1) is 0 Å². The Morgan fingerprint density at radius 3 is 2.51 bits per heavy atom. The summed E-state index contributed by atoms with van der Waals surface area (Å²) in [6.45, 7) is 5.68. The van der Waals surface area contributed by atoms with Crippen molar-refractivity contribution in [2.24, 2.45) is 0 Å². The van der Waals surface area contributed by atoms with E-state index in [0.29, 0.717) is 41.4 Å². The fourth-order valence-corrected chi connectivity index (χ4v) is 5.44. The molecular formula is C28H27N3O3S. The van der Waals surface area contributed by atoms with Crippen LogP contribution >= 0.6 is 11.8 Å². The molecule has 1 aliphatic rings. The zero-order valence-corrected chi connectivity index (χ0v) is 20.6. The molecule has 1 aliphatic heterocycles. The smallest absolute Gasteiger partial charge is 0.266 e. The van der Waals surface area contributed by atoms with E-state index >= 15 is 0 Å². The number of hydrogen-bond acceptors (Lipinski definition) is 5. The van der Waals surface area contributed by atoms with Crippen LogP contribution in [0.2, 0.25) is 0 Å². The molecule has 0 spiro atoms. The Kier molecular flexibility index (Phi) is 6.59. The van der Waals surface area contributed by atoms with Crippen LogP contribution in [0.4, 0.5) is 0 Å². The zero-order chi connectivity index (χ0) is 24.4. The normalized spacial score (nSPS) is 13.9. The highest BCUT2D eigenvalue weighted by molar-refractivity contribution is 8.00. The van der Waals surface area contributed by atoms with Gasteiger partial charge in [0.2, 0.25) is 5.91 Å². The van der Waals surface area contributed by atoms with Gasteiger partial charge in [-0.2, -0.15) is 0 Å². The van der Waals surface area contributed by atoms with Crippen molar-refractivity contribution in [1.82, 2.24) is 14.5 Å². The monoisotopic (exact) mass is 485 g/mol. The van der Waals surface area contributed by atoms with Gasteiger partial charge in [-0.25, -0.2) is 4.98 Å². The number of thioether (sulfide) groups is 1. The minimum absolute atomic E-state index is 0.0464. The van der Waals surface area contributed by atoms with Gasteiger partial charge in [0.25, 0.3) is 5.56 Å². The van der Waals surface area contributed by atoms with Gasteiger partial charge in [-0.3, -0.25) is 14.2 Å². The van der Waals surface area contributed by atoms with Crippen molar-refractivity contribution in [3.63, 3.8) is 0 Å². The van der Waals surface area contributed by atoms with Crippen LogP contribution in [0.5, 0.6) is 5.75 Å². The maximum atomic E-state index is 13.5. The van der Waals surface area contributed by atoms with Gasteiger partial charge < -0.3 is 9.64 Å². The number of aromatic nitrogens is 2. The highest BCUT2D eigenvalue weighted by Crippen LogP contribution is 2.28. The van der Waals surface area contributed by atoms with E-state index in [1.165, 1.54) is 22.9 Å². The molecule has 0 radical (unpaired) electrons. The molecule has 178 valence electrons. The standard InChI is InChI=1S/C28H27N3O3S/c1-3-34-23-14-12-22(13-15-23)31-27(33)24-10-6-7-11-25(24)29-28(31)35-19(2)26(32)30-17-16-20-8-4-5-9-21(20)18-30/h4-15,19H,3,16-18H2,1-2H3. The van der Waals surface area contributed by atoms with Crippen LogP contribution < -0.4 is 10.3 Å². The van der Waals surface area contributed by atoms with Crippen molar-refractivity contribution in [3.05, 3.63) is 94.3 Å². The Balaban J connectivity index is 1.48. The third-order valence-electron chi connectivity index (χ3n) is 6.22. The van der Waals surface area contributed by atoms with Crippen LogP contribution in [0.3, 0.4) is 0 Å². The summed E-state index contributed by atoms with van der Waals surface area (Å²) in [5, 5.41) is 0.635. The second-order valence-electron chi connectivity index (χ2n) is 8.52. The topological polar surface area (TPSA) is 64.4 Å². The summed E-state index contributed by atoms with van der Waals surface area (Å²) >= 11 is 1.32. The molecule has 0 bridgehead atoms. The lowest BCUT2D eigenvalue weighted by Gasteiger charge is -2.30. The average Bonchev–Trinajstić information content (AvgIpc) is 2.89. The van der Waals surface area contributed by atoms with Crippen molar-refractivity contribution in [1.29, 1.82) is 0 Å². The molecule has 1 atom stereocenters. The fraction of sp³-hybridized carbons (Fsp3) is 0.250. The summed E-state index contributed by atoms with van der Waals surface area (Å²) in [5.41, 5.74) is 3.64. The highest BCUT2D eigenvalue weighted by Gasteiger charge is 2.27. The highest BCUT2D eigenvalue weighted by atomic mass is 32.2. The van der Waals surface area contributed by atoms with Gasteiger partial charge in [0.1, 0.15) is 5.75 Å². The number of amides is 1. The molecule has 0 fully saturated rings. The predicted molar refractivity (Wildman–Crippen MR) is 139 cm³/mol. The molecule has 0 saturated heterocycles. The molecular weight excluding hydrogens is 458 g/mol. The molecule has 0 N–H and O–H groups in total. The van der Waals surface area contributed by atoms with E-state index in [1.54, 1.807) is 10.6 Å². The molecule has 0 aliphatic carbocycles. The Hall–Kier alpha value is -3.58. The Morgan fingerprint density at radius 1 is 1.03 bits per heavy atom. The van der Waals surface area contributed by atoms with E-state index in [9.17, 15) is 9.59 Å². The van der Waals surface area contributed by atoms with E-state index in [1.807, 2.05) is 73.3 Å². The molecule has 7 heteroatoms. The van der Waals surface area contributed by atoms with Crippen LogP contribution in [0.25, 0.3) is 16.6 Å². The van der Waals surface area contributed by atoms with Gasteiger partial charge >= 0.3 is 0 Å². The number of fused-ring (bicyclic) bond motifs is 2. The van der Waals surface area contributed by atoms with Crippen LogP contribution in [-0.4, -0.2) is 38.8 Å². The summed E-state index contributed by atoms with van der Waals surface area (Å²) < 4.78 is 7.15. The number of hydrogen-bond donors (Lipinski definition) is 0. The first-order chi connectivity index (χ1) is 17.0. The lowest BCUT2D eigenvalue weighted by atomic mass is 10.00. The van der Waals surface area contributed by atoms with Gasteiger partial charge in [0, 0.05) is 13.1 Å². The summed E-state index contributed by atoms with van der Waals surface area (Å²) in [5.74, 6) is 0.784. The molecule has 35 heavy (non-hydrogen) atoms. The molecule has 6 nitrogen and oxygen atoms in total. The number of nitrogens with zero attached hydrogens (tertiary/aromatic N) is 3. The summed E-state index contributed by atoms with van der Waals surface area (Å²) in [7, 11) is 0. The van der Waals surface area contributed by atoms with Crippen molar-refractivity contribution >= 4 is 28.6 Å². The Bertz CT molecular complexity index is 1430. The maximum Gasteiger partial charge on any atom is 0.266 e. The van der Waals surface area contributed by atoms with Crippen molar-refractivity contribution in [2.75, 3.05) is 13.2 Å². The third-order valence-corrected chi connectivity index (χ3v) is 7.26. The van der Waals surface area contributed by atoms with Gasteiger partial charge in [0.05, 0.1) is 28.4 Å².